The number of carbonyl (C=O) groups excluding carboxylic acids is 2. The number of hydrogen-bond acceptors (Lipinski definition) is 3. The Balaban J connectivity index is 1.25. The lowest BCUT2D eigenvalue weighted by Gasteiger charge is -2.32. The number of likely N-dealkylation sites (tertiary alicyclic amines) is 1. The van der Waals surface area contributed by atoms with E-state index in [1.54, 1.807) is 38.4 Å². The summed E-state index contributed by atoms with van der Waals surface area (Å²) in [6.45, 7) is 3.34. The minimum Gasteiger partial charge on any atom is -0.355 e. The van der Waals surface area contributed by atoms with Crippen molar-refractivity contribution in [3.8, 4) is 0 Å². The van der Waals surface area contributed by atoms with Crippen molar-refractivity contribution in [3.05, 3.63) is 101 Å². The van der Waals surface area contributed by atoms with Crippen LogP contribution in [0.3, 0.4) is 0 Å². The highest BCUT2D eigenvalue weighted by atomic mass is 19.1. The number of piperidine rings is 1. The number of nitrogens with zero attached hydrogens (tertiary/aromatic N) is 2. The number of anilines is 1. The molecule has 8 heteroatoms. The lowest BCUT2D eigenvalue weighted by atomic mass is 9.89. The van der Waals surface area contributed by atoms with Crippen molar-refractivity contribution < 1.29 is 18.4 Å². The molecule has 1 aliphatic heterocycles. The maximum Gasteiger partial charge on any atom is 0.321 e. The summed E-state index contributed by atoms with van der Waals surface area (Å²) in [6, 6.07) is 19.7. The van der Waals surface area contributed by atoms with Gasteiger partial charge in [-0.1, -0.05) is 36.4 Å². The number of rotatable bonds is 9. The first-order valence-electron chi connectivity index (χ1n) is 13.4. The maximum atomic E-state index is 13.5. The molecule has 39 heavy (non-hydrogen) atoms. The summed E-state index contributed by atoms with van der Waals surface area (Å²) in [4.78, 5) is 29.1. The number of hydrogen-bond donors (Lipinski definition) is 2. The third-order valence-corrected chi connectivity index (χ3v) is 7.22. The summed E-state index contributed by atoms with van der Waals surface area (Å²) in [5.74, 6) is -1.12. The van der Waals surface area contributed by atoms with Gasteiger partial charge >= 0.3 is 6.03 Å². The number of amides is 3. The molecule has 4 rings (SSSR count). The standard InChI is InChI=1S/C31H36F2N4O2/c1-36(2)31(39)35-28-6-3-5-25(21-28)22-15-19-37(20-16-22)18-4-17-34-30(38)29(23-7-11-26(32)12-8-23)24-9-13-27(33)14-10-24/h3,5-14,21-22,29H,4,15-20H2,1-2H3,(H,34,38)(H,35,39). The third-order valence-electron chi connectivity index (χ3n) is 7.22. The highest BCUT2D eigenvalue weighted by Gasteiger charge is 2.24. The average Bonchev–Trinajstić information content (AvgIpc) is 2.94. The molecule has 0 atom stereocenters. The summed E-state index contributed by atoms with van der Waals surface area (Å²) < 4.78 is 26.9. The van der Waals surface area contributed by atoms with Gasteiger partial charge in [0.15, 0.2) is 0 Å². The van der Waals surface area contributed by atoms with Crippen LogP contribution in [0.1, 0.15) is 47.8 Å². The van der Waals surface area contributed by atoms with E-state index < -0.39 is 5.92 Å². The summed E-state index contributed by atoms with van der Waals surface area (Å²) in [6.07, 6.45) is 2.88. The van der Waals surface area contributed by atoms with Gasteiger partial charge < -0.3 is 20.4 Å². The highest BCUT2D eigenvalue weighted by Crippen LogP contribution is 2.30. The van der Waals surface area contributed by atoms with Crippen LogP contribution in [0.15, 0.2) is 72.8 Å². The molecule has 3 aromatic carbocycles. The number of benzene rings is 3. The van der Waals surface area contributed by atoms with Crippen molar-refractivity contribution in [2.75, 3.05) is 45.6 Å². The van der Waals surface area contributed by atoms with E-state index >= 15 is 0 Å². The Labute approximate surface area is 229 Å². The molecule has 0 aromatic heterocycles. The largest absolute Gasteiger partial charge is 0.355 e. The zero-order valence-electron chi connectivity index (χ0n) is 22.5. The predicted molar refractivity (Wildman–Crippen MR) is 150 cm³/mol. The Morgan fingerprint density at radius 2 is 1.51 bits per heavy atom. The monoisotopic (exact) mass is 534 g/mol. The first-order valence-corrected chi connectivity index (χ1v) is 13.4. The van der Waals surface area contributed by atoms with Gasteiger partial charge in [0, 0.05) is 26.3 Å². The normalized spacial score (nSPS) is 14.3. The fourth-order valence-corrected chi connectivity index (χ4v) is 5.02. The van der Waals surface area contributed by atoms with E-state index in [9.17, 15) is 18.4 Å². The van der Waals surface area contributed by atoms with Crippen molar-refractivity contribution in [1.82, 2.24) is 15.1 Å². The van der Waals surface area contributed by atoms with Gasteiger partial charge in [0.1, 0.15) is 11.6 Å². The summed E-state index contributed by atoms with van der Waals surface area (Å²) in [5.41, 5.74) is 3.37. The molecule has 0 radical (unpaired) electrons. The molecule has 3 aromatic rings. The number of urea groups is 1. The first kappa shape index (κ1) is 28.2. The van der Waals surface area contributed by atoms with Crippen molar-refractivity contribution in [2.24, 2.45) is 0 Å². The zero-order valence-corrected chi connectivity index (χ0v) is 22.5. The van der Waals surface area contributed by atoms with Crippen LogP contribution < -0.4 is 10.6 Å². The Morgan fingerprint density at radius 1 is 0.923 bits per heavy atom. The summed E-state index contributed by atoms with van der Waals surface area (Å²) in [5, 5.41) is 5.94. The van der Waals surface area contributed by atoms with Gasteiger partial charge in [-0.3, -0.25) is 4.79 Å². The van der Waals surface area contributed by atoms with Gasteiger partial charge in [-0.25, -0.2) is 13.6 Å². The van der Waals surface area contributed by atoms with Gasteiger partial charge in [-0.05, 0) is 97.9 Å². The third kappa shape index (κ3) is 7.86. The van der Waals surface area contributed by atoms with Crippen LogP contribution in [-0.4, -0.2) is 62.0 Å². The van der Waals surface area contributed by atoms with Crippen molar-refractivity contribution in [3.63, 3.8) is 0 Å². The number of halogens is 2. The molecule has 3 amide bonds. The van der Waals surface area contributed by atoms with Crippen molar-refractivity contribution in [1.29, 1.82) is 0 Å². The topological polar surface area (TPSA) is 64.7 Å². The highest BCUT2D eigenvalue weighted by molar-refractivity contribution is 5.89. The van der Waals surface area contributed by atoms with E-state index in [2.05, 4.69) is 27.7 Å². The number of nitrogens with one attached hydrogen (secondary N) is 2. The van der Waals surface area contributed by atoms with E-state index in [0.717, 1.165) is 44.6 Å². The van der Waals surface area contributed by atoms with Crippen molar-refractivity contribution in [2.45, 2.75) is 31.1 Å². The Kier molecular flexibility index (Phi) is 9.65. The molecule has 2 N–H and O–H groups in total. The molecule has 1 aliphatic rings. The van der Waals surface area contributed by atoms with Crippen LogP contribution in [0.2, 0.25) is 0 Å². The minimum atomic E-state index is -0.639. The molecular formula is C31H36F2N4O2. The van der Waals surface area contributed by atoms with E-state index in [4.69, 9.17) is 0 Å². The van der Waals surface area contributed by atoms with Gasteiger partial charge in [0.2, 0.25) is 5.91 Å². The minimum absolute atomic E-state index is 0.143. The van der Waals surface area contributed by atoms with Crippen molar-refractivity contribution >= 4 is 17.6 Å². The van der Waals surface area contributed by atoms with E-state index in [-0.39, 0.29) is 23.6 Å². The van der Waals surface area contributed by atoms with E-state index in [0.29, 0.717) is 23.6 Å². The quantitative estimate of drug-likeness (QED) is 0.353. The molecular weight excluding hydrogens is 498 g/mol. The van der Waals surface area contributed by atoms with Gasteiger partial charge in [0.05, 0.1) is 5.92 Å². The molecule has 0 unspecified atom stereocenters. The fourth-order valence-electron chi connectivity index (χ4n) is 5.02. The molecule has 0 spiro atoms. The molecule has 0 aliphatic carbocycles. The van der Waals surface area contributed by atoms with Crippen LogP contribution in [0.4, 0.5) is 19.3 Å². The predicted octanol–water partition coefficient (Wildman–Crippen LogP) is 5.58. The number of carbonyl (C=O) groups is 2. The van der Waals surface area contributed by atoms with E-state index in [1.807, 2.05) is 12.1 Å². The second kappa shape index (κ2) is 13.3. The smallest absolute Gasteiger partial charge is 0.321 e. The van der Waals surface area contributed by atoms with Crippen LogP contribution in [0.25, 0.3) is 0 Å². The van der Waals surface area contributed by atoms with Crippen LogP contribution in [0.5, 0.6) is 0 Å². The van der Waals surface area contributed by atoms with Crippen LogP contribution in [-0.2, 0) is 4.79 Å². The second-order valence-corrected chi connectivity index (χ2v) is 10.2. The van der Waals surface area contributed by atoms with Crippen LogP contribution in [0, 0.1) is 11.6 Å². The summed E-state index contributed by atoms with van der Waals surface area (Å²) in [7, 11) is 3.44. The van der Waals surface area contributed by atoms with Gasteiger partial charge in [0.25, 0.3) is 0 Å². The molecule has 1 saturated heterocycles. The lowest BCUT2D eigenvalue weighted by Crippen LogP contribution is -2.36. The molecule has 1 heterocycles. The van der Waals surface area contributed by atoms with E-state index in [1.165, 1.54) is 34.7 Å². The zero-order chi connectivity index (χ0) is 27.8. The maximum absolute atomic E-state index is 13.5. The van der Waals surface area contributed by atoms with Gasteiger partial charge in [-0.15, -0.1) is 0 Å². The lowest BCUT2D eigenvalue weighted by molar-refractivity contribution is -0.121. The second-order valence-electron chi connectivity index (χ2n) is 10.2. The Hall–Kier alpha value is -3.78. The first-order chi connectivity index (χ1) is 18.8. The fraction of sp³-hybridized carbons (Fsp3) is 0.355. The molecule has 206 valence electrons. The summed E-state index contributed by atoms with van der Waals surface area (Å²) >= 11 is 0. The Morgan fingerprint density at radius 3 is 2.08 bits per heavy atom. The molecule has 1 fully saturated rings. The van der Waals surface area contributed by atoms with Gasteiger partial charge in [-0.2, -0.15) is 0 Å². The molecule has 6 nitrogen and oxygen atoms in total. The Bertz CT molecular complexity index is 1190. The molecule has 0 saturated carbocycles. The SMILES string of the molecule is CN(C)C(=O)Nc1cccc(C2CCN(CCCNC(=O)C(c3ccc(F)cc3)c3ccc(F)cc3)CC2)c1. The van der Waals surface area contributed by atoms with Crippen LogP contribution >= 0.6 is 0 Å². The molecule has 0 bridgehead atoms. The average molecular weight is 535 g/mol.